The fourth-order valence-corrected chi connectivity index (χ4v) is 3.93. The fourth-order valence-electron chi connectivity index (χ4n) is 3.93. The Balaban J connectivity index is 0.00000208. The van der Waals surface area contributed by atoms with Crippen molar-refractivity contribution in [2.45, 2.75) is 37.9 Å². The van der Waals surface area contributed by atoms with E-state index in [1.807, 2.05) is 0 Å². The minimum Gasteiger partial charge on any atom is -0.314 e. The van der Waals surface area contributed by atoms with Crippen LogP contribution in [0.5, 0.6) is 0 Å². The number of alkyl halides is 3. The second-order valence-electron chi connectivity index (χ2n) is 6.51. The van der Waals surface area contributed by atoms with E-state index in [1.165, 1.54) is 6.07 Å². The van der Waals surface area contributed by atoms with Crippen molar-refractivity contribution >= 4 is 12.4 Å². The Morgan fingerprint density at radius 1 is 1.08 bits per heavy atom. The van der Waals surface area contributed by atoms with E-state index in [0.29, 0.717) is 17.5 Å². The number of halogens is 5. The molecule has 1 aliphatic carbocycles. The summed E-state index contributed by atoms with van der Waals surface area (Å²) in [6.07, 6.45) is -0.216. The summed E-state index contributed by atoms with van der Waals surface area (Å²) in [5.41, 5.74) is -0.490. The quantitative estimate of drug-likeness (QED) is 0.797. The van der Waals surface area contributed by atoms with Crippen LogP contribution >= 0.6 is 12.4 Å². The molecule has 2 nitrogen and oxygen atoms in total. The van der Waals surface area contributed by atoms with Gasteiger partial charge in [0.15, 0.2) is 0 Å². The zero-order valence-electron chi connectivity index (χ0n) is 13.4. The van der Waals surface area contributed by atoms with Gasteiger partial charge >= 0.3 is 6.18 Å². The van der Waals surface area contributed by atoms with E-state index < -0.39 is 17.6 Å². The highest BCUT2D eigenvalue weighted by Crippen LogP contribution is 2.41. The number of hydrogen-bond acceptors (Lipinski definition) is 2. The number of benzene rings is 1. The van der Waals surface area contributed by atoms with Gasteiger partial charge in [-0.3, -0.25) is 4.90 Å². The molecule has 0 radical (unpaired) electrons. The number of nitrogens with one attached hydrogen (secondary N) is 1. The lowest BCUT2D eigenvalue weighted by Gasteiger charge is -2.38. The zero-order valence-corrected chi connectivity index (χ0v) is 14.2. The van der Waals surface area contributed by atoms with Crippen molar-refractivity contribution in [3.8, 4) is 0 Å². The molecule has 1 atom stereocenters. The molecule has 2 aliphatic rings. The maximum Gasteiger partial charge on any atom is 0.416 e. The average molecular weight is 367 g/mol. The minimum absolute atomic E-state index is 0. The Bertz CT molecular complexity index is 538. The fraction of sp³-hybridized carbons (Fsp3) is 0.647. The van der Waals surface area contributed by atoms with Gasteiger partial charge in [0.25, 0.3) is 0 Å². The molecule has 136 valence electrons. The molecule has 0 bridgehead atoms. The van der Waals surface area contributed by atoms with Crippen molar-refractivity contribution < 1.29 is 17.6 Å². The Hall–Kier alpha value is -0.850. The van der Waals surface area contributed by atoms with Gasteiger partial charge in [-0.25, -0.2) is 4.39 Å². The topological polar surface area (TPSA) is 15.3 Å². The second-order valence-corrected chi connectivity index (χ2v) is 6.51. The van der Waals surface area contributed by atoms with E-state index in [2.05, 4.69) is 10.2 Å². The van der Waals surface area contributed by atoms with Crippen molar-refractivity contribution in [1.29, 1.82) is 0 Å². The van der Waals surface area contributed by atoms with Gasteiger partial charge in [0.2, 0.25) is 0 Å². The van der Waals surface area contributed by atoms with Gasteiger partial charge in [0.1, 0.15) is 5.82 Å². The van der Waals surface area contributed by atoms with Gasteiger partial charge in [0, 0.05) is 37.8 Å². The lowest BCUT2D eigenvalue weighted by atomic mass is 9.89. The minimum atomic E-state index is -4.50. The number of hydrogen-bond donors (Lipinski definition) is 1. The highest BCUT2D eigenvalue weighted by molar-refractivity contribution is 5.85. The summed E-state index contributed by atoms with van der Waals surface area (Å²) in [5.74, 6) is -0.394. The van der Waals surface area contributed by atoms with Gasteiger partial charge in [-0.15, -0.1) is 12.4 Å². The number of rotatable bonds is 3. The van der Waals surface area contributed by atoms with Crippen LogP contribution in [-0.2, 0) is 6.18 Å². The van der Waals surface area contributed by atoms with Gasteiger partial charge < -0.3 is 5.32 Å². The van der Waals surface area contributed by atoms with E-state index in [9.17, 15) is 17.6 Å². The normalized spacial score (nSPS) is 21.5. The molecule has 0 spiro atoms. The maximum atomic E-state index is 14.5. The van der Waals surface area contributed by atoms with Crippen LogP contribution in [0, 0.1) is 11.7 Å². The third-order valence-corrected chi connectivity index (χ3v) is 5.04. The molecule has 1 aromatic rings. The zero-order chi connectivity index (χ0) is 16.4. The molecule has 1 aliphatic heterocycles. The summed E-state index contributed by atoms with van der Waals surface area (Å²) in [5, 5.41) is 3.27. The summed E-state index contributed by atoms with van der Waals surface area (Å²) >= 11 is 0. The van der Waals surface area contributed by atoms with Crippen molar-refractivity contribution in [2.24, 2.45) is 5.92 Å². The molecular formula is C17H23ClF4N2. The largest absolute Gasteiger partial charge is 0.416 e. The first-order valence-electron chi connectivity index (χ1n) is 8.28. The van der Waals surface area contributed by atoms with Gasteiger partial charge in [-0.1, -0.05) is 18.9 Å². The Morgan fingerprint density at radius 2 is 1.71 bits per heavy atom. The van der Waals surface area contributed by atoms with E-state index >= 15 is 0 Å². The molecule has 1 saturated carbocycles. The van der Waals surface area contributed by atoms with Crippen LogP contribution in [-0.4, -0.2) is 31.1 Å². The number of piperazine rings is 1. The summed E-state index contributed by atoms with van der Waals surface area (Å²) in [6.45, 7) is 3.29. The Labute approximate surface area is 146 Å². The first kappa shape index (κ1) is 19.5. The van der Waals surface area contributed by atoms with Gasteiger partial charge in [0.05, 0.1) is 5.56 Å². The third kappa shape index (κ3) is 4.21. The molecule has 0 unspecified atom stereocenters. The summed E-state index contributed by atoms with van der Waals surface area (Å²) in [6, 6.07) is 2.91. The van der Waals surface area contributed by atoms with Crippen LogP contribution in [0.1, 0.15) is 42.9 Å². The lowest BCUT2D eigenvalue weighted by Crippen LogP contribution is -2.47. The smallest absolute Gasteiger partial charge is 0.314 e. The lowest BCUT2D eigenvalue weighted by molar-refractivity contribution is -0.137. The molecule has 24 heavy (non-hydrogen) atoms. The molecule has 2 fully saturated rings. The van der Waals surface area contributed by atoms with Crippen LogP contribution in [0.15, 0.2) is 18.2 Å². The standard InChI is InChI=1S/C17H22F4N2.ClH/c18-15-11-13(17(19,20)21)5-6-14(15)16(12-3-1-2-4-12)23-9-7-22-8-10-23;/h5-6,11-12,16,22H,1-4,7-10H2;1H/t16-;/m1./s1. The Kier molecular flexibility index (Phi) is 6.51. The first-order valence-corrected chi connectivity index (χ1v) is 8.28. The van der Waals surface area contributed by atoms with Crippen molar-refractivity contribution in [3.63, 3.8) is 0 Å². The molecule has 0 amide bonds. The number of nitrogens with zero attached hydrogens (tertiary/aromatic N) is 1. The molecule has 1 aromatic carbocycles. The predicted molar refractivity (Wildman–Crippen MR) is 87.8 cm³/mol. The van der Waals surface area contributed by atoms with Gasteiger partial charge in [-0.2, -0.15) is 13.2 Å². The molecule has 0 aromatic heterocycles. The van der Waals surface area contributed by atoms with E-state index in [4.69, 9.17) is 0 Å². The van der Waals surface area contributed by atoms with Crippen LogP contribution < -0.4 is 5.32 Å². The monoisotopic (exact) mass is 366 g/mol. The van der Waals surface area contributed by atoms with Crippen LogP contribution in [0.25, 0.3) is 0 Å². The molecule has 1 N–H and O–H groups in total. The highest BCUT2D eigenvalue weighted by Gasteiger charge is 2.36. The summed E-state index contributed by atoms with van der Waals surface area (Å²) < 4.78 is 52.8. The van der Waals surface area contributed by atoms with Crippen LogP contribution in [0.2, 0.25) is 0 Å². The SMILES string of the molecule is Cl.Fc1cc(C(F)(F)F)ccc1[C@@H](C1CCCC1)N1CCNCC1. The third-order valence-electron chi connectivity index (χ3n) is 5.04. The summed E-state index contributed by atoms with van der Waals surface area (Å²) in [7, 11) is 0. The maximum absolute atomic E-state index is 14.5. The predicted octanol–water partition coefficient (Wildman–Crippen LogP) is 4.40. The van der Waals surface area contributed by atoms with E-state index in [1.54, 1.807) is 0 Å². The highest BCUT2D eigenvalue weighted by atomic mass is 35.5. The first-order chi connectivity index (χ1) is 11.0. The van der Waals surface area contributed by atoms with Gasteiger partial charge in [-0.05, 0) is 30.9 Å². The molecule has 3 rings (SSSR count). The summed E-state index contributed by atoms with van der Waals surface area (Å²) in [4.78, 5) is 2.23. The molecule has 7 heteroatoms. The van der Waals surface area contributed by atoms with E-state index in [0.717, 1.165) is 57.9 Å². The van der Waals surface area contributed by atoms with Crippen molar-refractivity contribution in [2.75, 3.05) is 26.2 Å². The molecule has 1 heterocycles. The van der Waals surface area contributed by atoms with Crippen LogP contribution in [0.3, 0.4) is 0 Å². The second kappa shape index (κ2) is 8.02. The van der Waals surface area contributed by atoms with Crippen molar-refractivity contribution in [1.82, 2.24) is 10.2 Å². The van der Waals surface area contributed by atoms with Crippen molar-refractivity contribution in [3.05, 3.63) is 35.1 Å². The average Bonchev–Trinajstić information content (AvgIpc) is 3.03. The van der Waals surface area contributed by atoms with Crippen LogP contribution in [0.4, 0.5) is 17.6 Å². The van der Waals surface area contributed by atoms with E-state index in [-0.39, 0.29) is 18.4 Å². The Morgan fingerprint density at radius 3 is 2.25 bits per heavy atom. The molecular weight excluding hydrogens is 344 g/mol. The molecule has 1 saturated heterocycles.